The minimum atomic E-state index is -3.30. The summed E-state index contributed by atoms with van der Waals surface area (Å²) in [5.74, 6) is 0. The average molecular weight is 241 g/mol. The highest BCUT2D eigenvalue weighted by atomic mass is 32.2. The number of benzene rings is 1. The predicted molar refractivity (Wildman–Crippen MR) is 61.4 cm³/mol. The van der Waals surface area contributed by atoms with Crippen molar-refractivity contribution in [3.8, 4) is 0 Å². The largest absolute Gasteiger partial charge is 0.291 e. The van der Waals surface area contributed by atoms with Gasteiger partial charge in [0.1, 0.15) is 0 Å². The van der Waals surface area contributed by atoms with Crippen molar-refractivity contribution in [3.05, 3.63) is 35.9 Å². The highest BCUT2D eigenvalue weighted by molar-refractivity contribution is 7.85. The highest BCUT2D eigenvalue weighted by Crippen LogP contribution is 2.21. The van der Waals surface area contributed by atoms with Gasteiger partial charge in [-0.3, -0.25) is 9.08 Å². The lowest BCUT2D eigenvalue weighted by Gasteiger charge is -2.03. The van der Waals surface area contributed by atoms with E-state index in [0.29, 0.717) is 0 Å². The maximum atomic E-state index is 10.8. The van der Waals surface area contributed by atoms with Gasteiger partial charge in [0.25, 0.3) is 10.1 Å². The molecule has 2 unspecified atom stereocenters. The van der Waals surface area contributed by atoms with Gasteiger partial charge in [-0.2, -0.15) is 8.42 Å². The fourth-order valence-corrected chi connectivity index (χ4v) is 2.00. The second-order valence-corrected chi connectivity index (χ2v) is 5.70. The molecule has 1 saturated heterocycles. The van der Waals surface area contributed by atoms with Crippen LogP contribution in [0, 0.1) is 0 Å². The van der Waals surface area contributed by atoms with Crippen LogP contribution in [-0.2, 0) is 20.8 Å². The summed E-state index contributed by atoms with van der Waals surface area (Å²) in [6.07, 6.45) is 1.08. The van der Waals surface area contributed by atoms with Crippen LogP contribution in [0.2, 0.25) is 0 Å². The molecular formula is C11H15NO3S. The van der Waals surface area contributed by atoms with Crippen LogP contribution in [0.15, 0.2) is 30.3 Å². The van der Waals surface area contributed by atoms with Gasteiger partial charge in [-0.25, -0.2) is 0 Å². The molecule has 0 spiro atoms. The molecule has 4 nitrogen and oxygen atoms in total. The zero-order chi connectivity index (χ0) is 11.6. The maximum absolute atomic E-state index is 10.8. The monoisotopic (exact) mass is 241 g/mol. The summed E-state index contributed by atoms with van der Waals surface area (Å²) in [4.78, 5) is 2.18. The third kappa shape index (κ3) is 3.59. The molecule has 0 aliphatic carbocycles. The van der Waals surface area contributed by atoms with Crippen LogP contribution in [0.1, 0.15) is 5.56 Å². The van der Waals surface area contributed by atoms with Gasteiger partial charge in [0.05, 0.1) is 12.9 Å². The molecule has 16 heavy (non-hydrogen) atoms. The summed E-state index contributed by atoms with van der Waals surface area (Å²) in [7, 11) is -3.30. The van der Waals surface area contributed by atoms with Gasteiger partial charge in [-0.05, 0) is 5.56 Å². The van der Waals surface area contributed by atoms with Gasteiger partial charge in [0.2, 0.25) is 0 Å². The van der Waals surface area contributed by atoms with Crippen LogP contribution in [0.5, 0.6) is 0 Å². The lowest BCUT2D eigenvalue weighted by molar-refractivity contribution is 0.298. The van der Waals surface area contributed by atoms with E-state index in [-0.39, 0.29) is 12.6 Å². The van der Waals surface area contributed by atoms with Gasteiger partial charge >= 0.3 is 0 Å². The molecule has 0 saturated carbocycles. The average Bonchev–Trinajstić information content (AvgIpc) is 2.94. The Morgan fingerprint density at radius 1 is 1.38 bits per heavy atom. The molecular weight excluding hydrogens is 226 g/mol. The fourth-order valence-electron chi connectivity index (χ4n) is 1.60. The number of hydrogen-bond acceptors (Lipinski definition) is 4. The zero-order valence-electron chi connectivity index (χ0n) is 9.17. The van der Waals surface area contributed by atoms with E-state index in [1.54, 1.807) is 0 Å². The Morgan fingerprint density at radius 3 is 2.69 bits per heavy atom. The van der Waals surface area contributed by atoms with Crippen molar-refractivity contribution in [1.82, 2.24) is 4.90 Å². The molecule has 1 aliphatic rings. The van der Waals surface area contributed by atoms with Crippen LogP contribution in [0.4, 0.5) is 0 Å². The molecule has 1 fully saturated rings. The molecule has 2 atom stereocenters. The Balaban J connectivity index is 1.76. The van der Waals surface area contributed by atoms with Crippen LogP contribution in [0.25, 0.3) is 0 Å². The first-order valence-corrected chi connectivity index (χ1v) is 6.98. The van der Waals surface area contributed by atoms with Crippen molar-refractivity contribution in [2.45, 2.75) is 12.6 Å². The second kappa shape index (κ2) is 4.53. The van der Waals surface area contributed by atoms with Crippen LogP contribution in [-0.4, -0.2) is 38.8 Å². The Morgan fingerprint density at radius 2 is 2.06 bits per heavy atom. The minimum absolute atomic E-state index is 0.245. The van der Waals surface area contributed by atoms with Crippen LogP contribution >= 0.6 is 0 Å². The molecule has 0 N–H and O–H groups in total. The number of nitrogens with zero attached hydrogens (tertiary/aromatic N) is 1. The molecule has 1 aromatic rings. The fraction of sp³-hybridized carbons (Fsp3) is 0.455. The van der Waals surface area contributed by atoms with E-state index in [9.17, 15) is 8.42 Å². The summed E-state index contributed by atoms with van der Waals surface area (Å²) in [6.45, 7) is 2.04. The standard InChI is InChI=1S/C11H15NO3S/c1-16(13,14)15-9-11-8-12(11)7-10-5-3-2-4-6-10/h2-6,11H,7-9H2,1H3. The van der Waals surface area contributed by atoms with Gasteiger partial charge < -0.3 is 0 Å². The quantitative estimate of drug-likeness (QED) is 0.566. The topological polar surface area (TPSA) is 46.4 Å². The lowest BCUT2D eigenvalue weighted by Crippen LogP contribution is -2.12. The summed E-state index contributed by atoms with van der Waals surface area (Å²) < 4.78 is 26.3. The third-order valence-electron chi connectivity index (χ3n) is 2.53. The predicted octanol–water partition coefficient (Wildman–Crippen LogP) is 0.847. The molecule has 0 amide bonds. The van der Waals surface area contributed by atoms with Crippen LogP contribution in [0.3, 0.4) is 0 Å². The smallest absolute Gasteiger partial charge is 0.264 e. The molecule has 2 rings (SSSR count). The van der Waals surface area contributed by atoms with Gasteiger partial charge in [0, 0.05) is 19.1 Å². The van der Waals surface area contributed by atoms with Gasteiger partial charge in [0.15, 0.2) is 0 Å². The first kappa shape index (κ1) is 11.6. The molecule has 1 aliphatic heterocycles. The third-order valence-corrected chi connectivity index (χ3v) is 3.10. The van der Waals surface area contributed by atoms with E-state index in [2.05, 4.69) is 17.0 Å². The minimum Gasteiger partial charge on any atom is -0.291 e. The molecule has 0 bridgehead atoms. The van der Waals surface area contributed by atoms with E-state index in [0.717, 1.165) is 19.3 Å². The molecule has 5 heteroatoms. The zero-order valence-corrected chi connectivity index (χ0v) is 9.98. The Hall–Kier alpha value is -0.910. The van der Waals surface area contributed by atoms with Gasteiger partial charge in [-0.1, -0.05) is 30.3 Å². The Bertz CT molecular complexity index is 444. The van der Waals surface area contributed by atoms with E-state index in [1.165, 1.54) is 5.56 Å². The summed E-state index contributed by atoms with van der Waals surface area (Å²) >= 11 is 0. The van der Waals surface area contributed by atoms with E-state index >= 15 is 0 Å². The second-order valence-electron chi connectivity index (χ2n) is 4.06. The van der Waals surface area contributed by atoms with E-state index in [4.69, 9.17) is 4.18 Å². The Kier molecular flexibility index (Phi) is 3.28. The first-order chi connectivity index (χ1) is 7.54. The van der Waals surface area contributed by atoms with Crippen molar-refractivity contribution in [2.24, 2.45) is 0 Å². The molecule has 0 radical (unpaired) electrons. The molecule has 1 heterocycles. The van der Waals surface area contributed by atoms with Gasteiger partial charge in [-0.15, -0.1) is 0 Å². The molecule has 88 valence electrons. The van der Waals surface area contributed by atoms with Crippen molar-refractivity contribution in [1.29, 1.82) is 0 Å². The maximum Gasteiger partial charge on any atom is 0.264 e. The normalized spacial score (nSPS) is 24.3. The van der Waals surface area contributed by atoms with Crippen molar-refractivity contribution in [2.75, 3.05) is 19.4 Å². The molecule has 0 aromatic heterocycles. The Labute approximate surface area is 96.0 Å². The summed E-state index contributed by atoms with van der Waals surface area (Å²) in [5, 5.41) is 0. The number of rotatable bonds is 5. The number of hydrogen-bond donors (Lipinski definition) is 0. The van der Waals surface area contributed by atoms with E-state index in [1.807, 2.05) is 18.2 Å². The van der Waals surface area contributed by atoms with E-state index < -0.39 is 10.1 Å². The summed E-state index contributed by atoms with van der Waals surface area (Å²) in [5.41, 5.74) is 1.24. The lowest BCUT2D eigenvalue weighted by atomic mass is 10.2. The summed E-state index contributed by atoms with van der Waals surface area (Å²) in [6, 6.07) is 10.4. The highest BCUT2D eigenvalue weighted by Gasteiger charge is 2.34. The first-order valence-electron chi connectivity index (χ1n) is 5.17. The molecule has 1 aromatic carbocycles. The SMILES string of the molecule is CS(=O)(=O)OCC1CN1Cc1ccccc1. The van der Waals surface area contributed by atoms with Crippen molar-refractivity contribution >= 4 is 10.1 Å². The van der Waals surface area contributed by atoms with Crippen molar-refractivity contribution < 1.29 is 12.6 Å². The van der Waals surface area contributed by atoms with Crippen molar-refractivity contribution in [3.63, 3.8) is 0 Å². The van der Waals surface area contributed by atoms with Crippen LogP contribution < -0.4 is 0 Å².